The van der Waals surface area contributed by atoms with E-state index in [-0.39, 0.29) is 17.6 Å². The highest BCUT2D eigenvalue weighted by atomic mass is 32.2. The van der Waals surface area contributed by atoms with Gasteiger partial charge >= 0.3 is 0 Å². The SMILES string of the molecule is CCC1(CC)CC(NS(=O)(=O)c2cc(C(C)C)c(OC)cc2C)c2ccccc2O1. The number of nitrogens with one attached hydrogen (secondary N) is 1. The number of rotatable bonds is 7. The predicted molar refractivity (Wildman–Crippen MR) is 120 cm³/mol. The fourth-order valence-corrected chi connectivity index (χ4v) is 5.73. The van der Waals surface area contributed by atoms with Crippen molar-refractivity contribution >= 4 is 10.0 Å². The molecule has 1 N–H and O–H groups in total. The smallest absolute Gasteiger partial charge is 0.241 e. The third-order valence-corrected chi connectivity index (χ3v) is 7.84. The van der Waals surface area contributed by atoms with Crippen LogP contribution >= 0.6 is 0 Å². The van der Waals surface area contributed by atoms with Crippen LogP contribution in [0, 0.1) is 6.92 Å². The number of aryl methyl sites for hydroxylation is 1. The average molecular weight is 432 g/mol. The molecule has 1 aliphatic heterocycles. The molecule has 0 spiro atoms. The van der Waals surface area contributed by atoms with Crippen molar-refractivity contribution < 1.29 is 17.9 Å². The van der Waals surface area contributed by atoms with Gasteiger partial charge in [-0.1, -0.05) is 45.9 Å². The van der Waals surface area contributed by atoms with Gasteiger partial charge in [-0.25, -0.2) is 13.1 Å². The van der Waals surface area contributed by atoms with Crippen LogP contribution in [0.2, 0.25) is 0 Å². The minimum Gasteiger partial charge on any atom is -0.496 e. The van der Waals surface area contributed by atoms with Gasteiger partial charge in [0.05, 0.1) is 18.0 Å². The normalized spacial score (nSPS) is 18.0. The highest BCUT2D eigenvalue weighted by Crippen LogP contribution is 2.43. The number of methoxy groups -OCH3 is 1. The molecule has 1 unspecified atom stereocenters. The number of para-hydroxylation sites is 1. The Hall–Kier alpha value is -2.05. The second kappa shape index (κ2) is 8.60. The molecule has 5 nitrogen and oxygen atoms in total. The first-order chi connectivity index (χ1) is 14.2. The summed E-state index contributed by atoms with van der Waals surface area (Å²) < 4.78 is 41.8. The van der Waals surface area contributed by atoms with Gasteiger partial charge < -0.3 is 9.47 Å². The van der Waals surface area contributed by atoms with E-state index in [4.69, 9.17) is 9.47 Å². The van der Waals surface area contributed by atoms with E-state index in [0.29, 0.717) is 22.6 Å². The van der Waals surface area contributed by atoms with Crippen LogP contribution < -0.4 is 14.2 Å². The molecule has 0 amide bonds. The van der Waals surface area contributed by atoms with E-state index in [0.717, 1.165) is 29.7 Å². The van der Waals surface area contributed by atoms with Crippen molar-refractivity contribution in [1.29, 1.82) is 0 Å². The molecule has 0 saturated heterocycles. The van der Waals surface area contributed by atoms with Gasteiger partial charge in [0.15, 0.2) is 0 Å². The fourth-order valence-electron chi connectivity index (χ4n) is 4.25. The average Bonchev–Trinajstić information content (AvgIpc) is 2.72. The van der Waals surface area contributed by atoms with Crippen molar-refractivity contribution in [3.8, 4) is 11.5 Å². The lowest BCUT2D eigenvalue weighted by Gasteiger charge is -2.41. The summed E-state index contributed by atoms with van der Waals surface area (Å²) in [4.78, 5) is 0.301. The molecule has 3 rings (SSSR count). The van der Waals surface area contributed by atoms with Gasteiger partial charge in [-0.15, -0.1) is 0 Å². The van der Waals surface area contributed by atoms with Crippen molar-refractivity contribution in [3.63, 3.8) is 0 Å². The maximum atomic E-state index is 13.5. The Kier molecular flexibility index (Phi) is 6.48. The largest absolute Gasteiger partial charge is 0.496 e. The number of hydrogen-bond acceptors (Lipinski definition) is 4. The summed E-state index contributed by atoms with van der Waals surface area (Å²) in [6, 6.07) is 10.9. The molecule has 0 fully saturated rings. The summed E-state index contributed by atoms with van der Waals surface area (Å²) >= 11 is 0. The van der Waals surface area contributed by atoms with E-state index < -0.39 is 10.0 Å². The van der Waals surface area contributed by atoms with E-state index in [1.54, 1.807) is 13.2 Å². The maximum Gasteiger partial charge on any atom is 0.241 e. The minimum absolute atomic E-state index is 0.145. The van der Waals surface area contributed by atoms with E-state index >= 15 is 0 Å². The van der Waals surface area contributed by atoms with Crippen molar-refractivity contribution in [1.82, 2.24) is 4.72 Å². The van der Waals surface area contributed by atoms with Crippen molar-refractivity contribution in [2.75, 3.05) is 7.11 Å². The Morgan fingerprint density at radius 2 is 1.87 bits per heavy atom. The minimum atomic E-state index is -3.74. The molecular weight excluding hydrogens is 398 g/mol. The first kappa shape index (κ1) is 22.6. The third kappa shape index (κ3) is 4.21. The second-order valence-electron chi connectivity index (χ2n) is 8.42. The number of benzene rings is 2. The molecule has 164 valence electrons. The lowest BCUT2D eigenvalue weighted by atomic mass is 9.84. The molecule has 0 aromatic heterocycles. The first-order valence-corrected chi connectivity index (χ1v) is 12.1. The van der Waals surface area contributed by atoms with Gasteiger partial charge in [0.2, 0.25) is 10.0 Å². The van der Waals surface area contributed by atoms with Crippen LogP contribution in [-0.2, 0) is 10.0 Å². The van der Waals surface area contributed by atoms with E-state index in [9.17, 15) is 8.42 Å². The summed E-state index contributed by atoms with van der Waals surface area (Å²) in [6.45, 7) is 10.0. The molecular formula is C24H33NO4S. The zero-order valence-corrected chi connectivity index (χ0v) is 19.6. The maximum absolute atomic E-state index is 13.5. The van der Waals surface area contributed by atoms with Crippen LogP contribution in [0.25, 0.3) is 0 Å². The molecule has 0 saturated carbocycles. The van der Waals surface area contributed by atoms with E-state index in [1.165, 1.54) is 0 Å². The monoisotopic (exact) mass is 431 g/mol. The van der Waals surface area contributed by atoms with Gasteiger partial charge in [-0.2, -0.15) is 0 Å². The van der Waals surface area contributed by atoms with Crippen LogP contribution in [0.1, 0.15) is 75.6 Å². The Bertz CT molecular complexity index is 1010. The molecule has 0 radical (unpaired) electrons. The number of hydrogen-bond donors (Lipinski definition) is 1. The molecule has 1 heterocycles. The molecule has 2 aromatic rings. The molecule has 1 atom stereocenters. The van der Waals surface area contributed by atoms with E-state index in [2.05, 4.69) is 18.6 Å². The van der Waals surface area contributed by atoms with Crippen molar-refractivity contribution in [2.45, 2.75) is 76.3 Å². The summed E-state index contributed by atoms with van der Waals surface area (Å²) in [6.07, 6.45) is 2.23. The topological polar surface area (TPSA) is 64.6 Å². The van der Waals surface area contributed by atoms with Crippen LogP contribution in [0.15, 0.2) is 41.3 Å². The molecule has 0 bridgehead atoms. The number of fused-ring (bicyclic) bond motifs is 1. The molecule has 6 heteroatoms. The summed E-state index contributed by atoms with van der Waals surface area (Å²) in [5, 5.41) is 0. The highest BCUT2D eigenvalue weighted by Gasteiger charge is 2.40. The fraction of sp³-hybridized carbons (Fsp3) is 0.500. The first-order valence-electron chi connectivity index (χ1n) is 10.6. The standard InChI is InChI=1S/C24H33NO4S/c1-7-24(8-2)15-20(18-11-9-10-12-21(18)29-24)25-30(26,27)23-14-19(16(3)4)22(28-6)13-17(23)5/h9-14,16,20,25H,7-8,15H2,1-6H3. The summed E-state index contributed by atoms with van der Waals surface area (Å²) in [5.41, 5.74) is 2.06. The highest BCUT2D eigenvalue weighted by molar-refractivity contribution is 7.89. The van der Waals surface area contributed by atoms with Gasteiger partial charge in [0.1, 0.15) is 17.1 Å². The molecule has 2 aromatic carbocycles. The zero-order chi connectivity index (χ0) is 22.1. The van der Waals surface area contributed by atoms with Crippen LogP contribution in [-0.4, -0.2) is 21.1 Å². The van der Waals surface area contributed by atoms with Gasteiger partial charge in [0, 0.05) is 12.0 Å². The molecule has 0 aliphatic carbocycles. The Morgan fingerprint density at radius 3 is 2.47 bits per heavy atom. The Labute approximate surface area is 180 Å². The Morgan fingerprint density at radius 1 is 1.20 bits per heavy atom. The molecule has 1 aliphatic rings. The molecule has 30 heavy (non-hydrogen) atoms. The third-order valence-electron chi connectivity index (χ3n) is 6.22. The van der Waals surface area contributed by atoms with Gasteiger partial charge in [-0.05, 0) is 55.0 Å². The quantitative estimate of drug-likeness (QED) is 0.630. The van der Waals surface area contributed by atoms with Crippen molar-refractivity contribution in [2.24, 2.45) is 0 Å². The predicted octanol–water partition coefficient (Wildman–Crippen LogP) is 5.49. The van der Waals surface area contributed by atoms with E-state index in [1.807, 2.05) is 51.1 Å². The zero-order valence-electron chi connectivity index (χ0n) is 18.8. The summed E-state index contributed by atoms with van der Waals surface area (Å²) in [5.74, 6) is 1.62. The van der Waals surface area contributed by atoms with Crippen molar-refractivity contribution in [3.05, 3.63) is 53.1 Å². The lowest BCUT2D eigenvalue weighted by Crippen LogP contribution is -2.44. The van der Waals surface area contributed by atoms with Gasteiger partial charge in [-0.3, -0.25) is 0 Å². The number of sulfonamides is 1. The van der Waals surface area contributed by atoms with Crippen LogP contribution in [0.5, 0.6) is 11.5 Å². The van der Waals surface area contributed by atoms with Gasteiger partial charge in [0.25, 0.3) is 0 Å². The van der Waals surface area contributed by atoms with Crippen LogP contribution in [0.3, 0.4) is 0 Å². The summed E-state index contributed by atoms with van der Waals surface area (Å²) in [7, 11) is -2.13. The number of ether oxygens (including phenoxy) is 2. The van der Waals surface area contributed by atoms with Crippen LogP contribution in [0.4, 0.5) is 0 Å². The second-order valence-corrected chi connectivity index (χ2v) is 10.1. The Balaban J connectivity index is 2.04. The lowest BCUT2D eigenvalue weighted by molar-refractivity contribution is 0.0260.